The summed E-state index contributed by atoms with van der Waals surface area (Å²) in [6.07, 6.45) is 0.662. The maximum Gasteiger partial charge on any atom is 0.305 e. The van der Waals surface area contributed by atoms with Gasteiger partial charge in [-0.1, -0.05) is 19.1 Å². The number of carboxylic acids is 1. The molecule has 0 amide bonds. The lowest BCUT2D eigenvalue weighted by molar-refractivity contribution is -0.138. The van der Waals surface area contributed by atoms with Gasteiger partial charge in [0, 0.05) is 7.11 Å². The molecule has 1 N–H and O–H groups in total. The normalized spacial score (nSPS) is 12.1. The molecule has 1 unspecified atom stereocenters. The molecular weight excluding hydrogens is 248 g/mol. The van der Waals surface area contributed by atoms with Gasteiger partial charge in [-0.05, 0) is 24.1 Å². The van der Waals surface area contributed by atoms with E-state index in [1.54, 1.807) is 7.11 Å². The fourth-order valence-corrected chi connectivity index (χ4v) is 1.67. The number of rotatable bonds is 9. The van der Waals surface area contributed by atoms with E-state index in [4.69, 9.17) is 19.3 Å². The molecule has 0 radical (unpaired) electrons. The van der Waals surface area contributed by atoms with E-state index in [1.165, 1.54) is 0 Å². The largest absolute Gasteiger partial charge is 0.481 e. The fourth-order valence-electron chi connectivity index (χ4n) is 1.67. The van der Waals surface area contributed by atoms with Crippen LogP contribution in [-0.4, -0.2) is 31.6 Å². The summed E-state index contributed by atoms with van der Waals surface area (Å²) in [6.45, 7) is 2.39. The predicted molar refractivity (Wildman–Crippen MR) is 70.2 cm³/mol. The molecule has 1 aromatic carbocycles. The van der Waals surface area contributed by atoms with E-state index in [2.05, 4.69) is 0 Å². The smallest absolute Gasteiger partial charge is 0.305 e. The maximum atomic E-state index is 10.5. The molecule has 1 atom stereocenters. The summed E-state index contributed by atoms with van der Waals surface area (Å²) in [7, 11) is 1.56. The Morgan fingerprint density at radius 1 is 1.42 bits per heavy atom. The third-order valence-electron chi connectivity index (χ3n) is 2.58. The van der Waals surface area contributed by atoms with Crippen LogP contribution in [0.2, 0.25) is 0 Å². The molecular formula is C14H20O5. The Kier molecular flexibility index (Phi) is 6.92. The third-order valence-corrected chi connectivity index (χ3v) is 2.58. The number of benzene rings is 1. The number of aliphatic carboxylic acids is 1. The summed E-state index contributed by atoms with van der Waals surface area (Å²) < 4.78 is 15.8. The number of methoxy groups -OCH3 is 1. The fraction of sp³-hybridized carbons (Fsp3) is 0.500. The van der Waals surface area contributed by atoms with E-state index in [0.717, 1.165) is 12.0 Å². The monoisotopic (exact) mass is 268 g/mol. The Morgan fingerprint density at radius 2 is 2.21 bits per heavy atom. The highest BCUT2D eigenvalue weighted by Gasteiger charge is 2.11. The quantitative estimate of drug-likeness (QED) is 0.697. The van der Waals surface area contributed by atoms with Crippen LogP contribution in [0.5, 0.6) is 5.75 Å². The van der Waals surface area contributed by atoms with Crippen molar-refractivity contribution in [1.82, 2.24) is 0 Å². The maximum absolute atomic E-state index is 10.5. The van der Waals surface area contributed by atoms with Crippen LogP contribution in [0.1, 0.15) is 31.4 Å². The van der Waals surface area contributed by atoms with Crippen molar-refractivity contribution in [3.63, 3.8) is 0 Å². The highest BCUT2D eigenvalue weighted by Crippen LogP contribution is 2.24. The minimum Gasteiger partial charge on any atom is -0.481 e. The molecule has 0 aromatic heterocycles. The Labute approximate surface area is 113 Å². The van der Waals surface area contributed by atoms with Crippen molar-refractivity contribution in [2.24, 2.45) is 0 Å². The first-order valence-electron chi connectivity index (χ1n) is 6.22. The van der Waals surface area contributed by atoms with Gasteiger partial charge in [0.25, 0.3) is 0 Å². The number of carbonyl (C=O) groups is 1. The SMILES string of the molecule is CCC(OCCC(=O)O)c1cccc(OCOC)c1. The Bertz CT molecular complexity index is 391. The second-order valence-corrected chi connectivity index (χ2v) is 4.03. The summed E-state index contributed by atoms with van der Waals surface area (Å²) in [4.78, 5) is 10.5. The average Bonchev–Trinajstić information content (AvgIpc) is 2.41. The zero-order chi connectivity index (χ0) is 14.1. The zero-order valence-corrected chi connectivity index (χ0v) is 11.3. The molecule has 106 valence electrons. The second kappa shape index (κ2) is 8.50. The van der Waals surface area contributed by atoms with Gasteiger partial charge in [-0.25, -0.2) is 0 Å². The van der Waals surface area contributed by atoms with Crippen molar-refractivity contribution < 1.29 is 24.1 Å². The molecule has 0 heterocycles. The molecule has 0 aliphatic carbocycles. The molecule has 5 nitrogen and oxygen atoms in total. The van der Waals surface area contributed by atoms with Crippen LogP contribution in [0.4, 0.5) is 0 Å². The van der Waals surface area contributed by atoms with Crippen molar-refractivity contribution >= 4 is 5.97 Å². The zero-order valence-electron chi connectivity index (χ0n) is 11.3. The third kappa shape index (κ3) is 5.72. The highest BCUT2D eigenvalue weighted by atomic mass is 16.7. The molecule has 5 heteroatoms. The van der Waals surface area contributed by atoms with Gasteiger partial charge in [-0.2, -0.15) is 0 Å². The lowest BCUT2D eigenvalue weighted by atomic mass is 10.1. The molecule has 0 fully saturated rings. The molecule has 0 spiro atoms. The standard InChI is InChI=1S/C14H20O5/c1-3-13(18-8-7-14(15)16)11-5-4-6-12(9-11)19-10-17-2/h4-6,9,13H,3,7-8,10H2,1-2H3,(H,15,16). The highest BCUT2D eigenvalue weighted by molar-refractivity contribution is 5.66. The first kappa shape index (κ1) is 15.5. The van der Waals surface area contributed by atoms with Crippen molar-refractivity contribution in [3.05, 3.63) is 29.8 Å². The van der Waals surface area contributed by atoms with E-state index >= 15 is 0 Å². The van der Waals surface area contributed by atoms with Crippen molar-refractivity contribution in [2.75, 3.05) is 20.5 Å². The predicted octanol–water partition coefficient (Wildman–Crippen LogP) is 2.61. The van der Waals surface area contributed by atoms with Crippen LogP contribution in [0.25, 0.3) is 0 Å². The molecule has 0 saturated carbocycles. The Morgan fingerprint density at radius 3 is 2.84 bits per heavy atom. The van der Waals surface area contributed by atoms with Gasteiger partial charge in [0.15, 0.2) is 6.79 Å². The molecule has 0 bridgehead atoms. The van der Waals surface area contributed by atoms with Crippen LogP contribution < -0.4 is 4.74 Å². The summed E-state index contributed by atoms with van der Waals surface area (Å²) >= 11 is 0. The minimum atomic E-state index is -0.855. The number of ether oxygens (including phenoxy) is 3. The van der Waals surface area contributed by atoms with E-state index in [-0.39, 0.29) is 25.9 Å². The second-order valence-electron chi connectivity index (χ2n) is 4.03. The molecule has 0 aliphatic heterocycles. The summed E-state index contributed by atoms with van der Waals surface area (Å²) in [6, 6.07) is 7.54. The summed E-state index contributed by atoms with van der Waals surface area (Å²) in [5.41, 5.74) is 0.974. The lowest BCUT2D eigenvalue weighted by Crippen LogP contribution is -2.08. The van der Waals surface area contributed by atoms with Crippen LogP contribution in [0.15, 0.2) is 24.3 Å². The number of hydrogen-bond acceptors (Lipinski definition) is 4. The minimum absolute atomic E-state index is 0.0103. The van der Waals surface area contributed by atoms with Gasteiger partial charge >= 0.3 is 5.97 Å². The molecule has 0 saturated heterocycles. The first-order chi connectivity index (χ1) is 9.17. The van der Waals surface area contributed by atoms with E-state index < -0.39 is 5.97 Å². The van der Waals surface area contributed by atoms with E-state index in [9.17, 15) is 4.79 Å². The Hall–Kier alpha value is -1.59. The Balaban J connectivity index is 2.61. The van der Waals surface area contributed by atoms with E-state index in [0.29, 0.717) is 5.75 Å². The van der Waals surface area contributed by atoms with Gasteiger partial charge in [0.05, 0.1) is 19.1 Å². The lowest BCUT2D eigenvalue weighted by Gasteiger charge is -2.17. The molecule has 1 aromatic rings. The summed E-state index contributed by atoms with van der Waals surface area (Å²) in [5, 5.41) is 8.60. The average molecular weight is 268 g/mol. The molecule has 1 rings (SSSR count). The van der Waals surface area contributed by atoms with Gasteiger partial charge in [0.1, 0.15) is 5.75 Å². The van der Waals surface area contributed by atoms with Crippen LogP contribution in [0, 0.1) is 0 Å². The molecule has 0 aliphatic rings. The number of hydrogen-bond donors (Lipinski definition) is 1. The topological polar surface area (TPSA) is 65.0 Å². The number of carboxylic acid groups (broad SMARTS) is 1. The molecule has 19 heavy (non-hydrogen) atoms. The van der Waals surface area contributed by atoms with Crippen molar-refractivity contribution in [1.29, 1.82) is 0 Å². The summed E-state index contributed by atoms with van der Waals surface area (Å²) in [5.74, 6) is -0.147. The van der Waals surface area contributed by atoms with Crippen LogP contribution in [-0.2, 0) is 14.3 Å². The van der Waals surface area contributed by atoms with Crippen LogP contribution in [0.3, 0.4) is 0 Å². The first-order valence-corrected chi connectivity index (χ1v) is 6.22. The van der Waals surface area contributed by atoms with Gasteiger partial charge in [-0.3, -0.25) is 4.79 Å². The van der Waals surface area contributed by atoms with E-state index in [1.807, 2.05) is 31.2 Å². The van der Waals surface area contributed by atoms with Gasteiger partial charge < -0.3 is 19.3 Å². The van der Waals surface area contributed by atoms with Gasteiger partial charge in [-0.15, -0.1) is 0 Å². The van der Waals surface area contributed by atoms with Crippen LogP contribution >= 0.6 is 0 Å². The van der Waals surface area contributed by atoms with Crippen molar-refractivity contribution in [2.45, 2.75) is 25.9 Å². The van der Waals surface area contributed by atoms with Crippen molar-refractivity contribution in [3.8, 4) is 5.75 Å². The van der Waals surface area contributed by atoms with Gasteiger partial charge in [0.2, 0.25) is 0 Å².